The topological polar surface area (TPSA) is 134 Å². The summed E-state index contributed by atoms with van der Waals surface area (Å²) in [7, 11) is -2.51. The second kappa shape index (κ2) is 12.3. The summed E-state index contributed by atoms with van der Waals surface area (Å²) in [6.07, 6.45) is 4.12. The number of aliphatic carboxylic acids is 1. The van der Waals surface area contributed by atoms with Crippen LogP contribution < -0.4 is 19.7 Å². The molecule has 0 radical (unpaired) electrons. The molecule has 5 rings (SSSR count). The van der Waals surface area contributed by atoms with Gasteiger partial charge in [0, 0.05) is 30.1 Å². The lowest BCUT2D eigenvalue weighted by atomic mass is 9.69. The van der Waals surface area contributed by atoms with Gasteiger partial charge >= 0.3 is 5.97 Å². The van der Waals surface area contributed by atoms with Gasteiger partial charge in [0.05, 0.1) is 29.7 Å². The summed E-state index contributed by atoms with van der Waals surface area (Å²) < 4.78 is 41.1. The zero-order chi connectivity index (χ0) is 31.0. The van der Waals surface area contributed by atoms with E-state index in [1.807, 2.05) is 12.1 Å². The van der Waals surface area contributed by atoms with E-state index in [4.69, 9.17) is 21.1 Å². The highest BCUT2D eigenvalue weighted by Crippen LogP contribution is 2.46. The molecule has 1 saturated carbocycles. The molecule has 1 heterocycles. The van der Waals surface area contributed by atoms with E-state index in [1.54, 1.807) is 13.1 Å². The summed E-state index contributed by atoms with van der Waals surface area (Å²) in [6, 6.07) is 10.5. The minimum absolute atomic E-state index is 0.0793. The Balaban J connectivity index is 1.48. The number of sulfonamides is 1. The van der Waals surface area contributed by atoms with E-state index in [1.165, 1.54) is 31.5 Å². The Morgan fingerprint density at radius 3 is 2.70 bits per heavy atom. The number of hydrogen-bond donors (Lipinski definition) is 3. The van der Waals surface area contributed by atoms with Gasteiger partial charge in [0.1, 0.15) is 11.4 Å². The molecule has 1 amide bonds. The number of nitrogens with one attached hydrogen (secondary N) is 2. The number of fused-ring (bicyclic) bond motifs is 3. The van der Waals surface area contributed by atoms with E-state index < -0.39 is 33.4 Å². The maximum atomic E-state index is 13.5. The average Bonchev–Trinajstić information content (AvgIpc) is 3.07. The molecule has 3 N–H and O–H groups in total. The maximum absolute atomic E-state index is 13.5. The van der Waals surface area contributed by atoms with Gasteiger partial charge in [-0.05, 0) is 100 Å². The number of nitrogens with zero attached hydrogens (tertiary/aromatic N) is 1. The third-order valence-electron chi connectivity index (χ3n) is 9.10. The van der Waals surface area contributed by atoms with Crippen molar-refractivity contribution in [3.63, 3.8) is 0 Å². The van der Waals surface area contributed by atoms with Crippen molar-refractivity contribution in [1.29, 1.82) is 0 Å². The summed E-state index contributed by atoms with van der Waals surface area (Å²) in [5.41, 5.74) is 1.14. The third-order valence-corrected chi connectivity index (χ3v) is 10.7. The molecular formula is C31H40ClN3O7S. The molecule has 10 nitrogen and oxygen atoms in total. The molecule has 12 heteroatoms. The lowest BCUT2D eigenvalue weighted by molar-refractivity contribution is -0.147. The van der Waals surface area contributed by atoms with Gasteiger partial charge in [-0.1, -0.05) is 17.7 Å². The van der Waals surface area contributed by atoms with E-state index >= 15 is 0 Å². The molecule has 0 unspecified atom stereocenters. The highest BCUT2D eigenvalue weighted by molar-refractivity contribution is 7.90. The van der Waals surface area contributed by atoms with Crippen molar-refractivity contribution in [1.82, 2.24) is 10.0 Å². The van der Waals surface area contributed by atoms with Crippen LogP contribution in [0.2, 0.25) is 5.02 Å². The van der Waals surface area contributed by atoms with E-state index in [0.717, 1.165) is 31.2 Å². The smallest absolute Gasteiger partial charge is 0.306 e. The number of hydrogen-bond acceptors (Lipinski definition) is 8. The summed E-state index contributed by atoms with van der Waals surface area (Å²) in [4.78, 5) is 26.9. The predicted octanol–water partition coefficient (Wildman–Crippen LogP) is 3.74. The molecule has 0 saturated heterocycles. The first-order valence-electron chi connectivity index (χ1n) is 14.7. The normalized spacial score (nSPS) is 23.4. The van der Waals surface area contributed by atoms with Gasteiger partial charge in [-0.25, -0.2) is 13.1 Å². The summed E-state index contributed by atoms with van der Waals surface area (Å²) in [5.74, 6) is -1.60. The number of amides is 1. The van der Waals surface area contributed by atoms with Crippen LogP contribution in [0, 0.1) is 11.8 Å². The number of carbonyl (C=O) groups is 2. The van der Waals surface area contributed by atoms with Gasteiger partial charge in [0.15, 0.2) is 0 Å². The van der Waals surface area contributed by atoms with E-state index in [9.17, 15) is 23.1 Å². The van der Waals surface area contributed by atoms with Crippen LogP contribution in [-0.2, 0) is 36.2 Å². The number of likely N-dealkylation sites (N-methyl/N-ethyl adjacent to an activating group) is 1. The van der Waals surface area contributed by atoms with Crippen molar-refractivity contribution in [2.75, 3.05) is 44.8 Å². The Morgan fingerprint density at radius 2 is 2.00 bits per heavy atom. The standard InChI is InChI=1S/C31H40ClN3O7S/c1-30(2,42-14-13-33-3)29(38)34-43(39,40)23-8-11-27-26(16-23)35(17-21-6-9-24(21)28(36)37)18-31(19-41-27)12-4-5-20-15-22(32)7-10-25(20)31/h7-8,10-11,15-16,21,24,33H,4-6,9,12-14,17-19H2,1-3H3,(H,34,38)(H,36,37)/t21-,24+,31-/m0/s1. The average molecular weight is 634 g/mol. The fourth-order valence-corrected chi connectivity index (χ4v) is 7.75. The second-order valence-electron chi connectivity index (χ2n) is 12.4. The minimum atomic E-state index is -4.26. The minimum Gasteiger partial charge on any atom is -0.490 e. The fourth-order valence-electron chi connectivity index (χ4n) is 6.43. The van der Waals surface area contributed by atoms with Crippen molar-refractivity contribution in [2.45, 2.75) is 61.9 Å². The second-order valence-corrected chi connectivity index (χ2v) is 14.5. The molecule has 2 aromatic rings. The van der Waals surface area contributed by atoms with Crippen LogP contribution in [-0.4, -0.2) is 70.9 Å². The number of carboxylic acid groups (broad SMARTS) is 1. The predicted molar refractivity (Wildman–Crippen MR) is 163 cm³/mol. The fraction of sp³-hybridized carbons (Fsp3) is 0.548. The molecule has 3 atom stereocenters. The van der Waals surface area contributed by atoms with E-state index in [-0.39, 0.29) is 22.8 Å². The van der Waals surface area contributed by atoms with Crippen molar-refractivity contribution in [3.8, 4) is 5.75 Å². The van der Waals surface area contributed by atoms with Gasteiger partial charge < -0.3 is 24.8 Å². The van der Waals surface area contributed by atoms with Gasteiger partial charge in [0.25, 0.3) is 15.9 Å². The Kier molecular flexibility index (Phi) is 9.00. The van der Waals surface area contributed by atoms with Crippen LogP contribution in [0.25, 0.3) is 0 Å². The highest BCUT2D eigenvalue weighted by atomic mass is 35.5. The van der Waals surface area contributed by atoms with Crippen LogP contribution in [0.1, 0.15) is 50.7 Å². The summed E-state index contributed by atoms with van der Waals surface area (Å²) >= 11 is 6.34. The van der Waals surface area contributed by atoms with Crippen LogP contribution in [0.4, 0.5) is 5.69 Å². The lowest BCUT2D eigenvalue weighted by Crippen LogP contribution is -2.49. The largest absolute Gasteiger partial charge is 0.490 e. The van der Waals surface area contributed by atoms with E-state index in [0.29, 0.717) is 49.1 Å². The maximum Gasteiger partial charge on any atom is 0.306 e. The first-order valence-corrected chi connectivity index (χ1v) is 16.6. The number of rotatable bonds is 10. The zero-order valence-electron chi connectivity index (χ0n) is 24.8. The molecule has 43 heavy (non-hydrogen) atoms. The van der Waals surface area contributed by atoms with Crippen LogP contribution in [0.15, 0.2) is 41.3 Å². The number of halogens is 1. The van der Waals surface area contributed by atoms with Crippen molar-refractivity contribution < 1.29 is 32.6 Å². The molecule has 1 spiro atoms. The molecule has 1 fully saturated rings. The zero-order valence-corrected chi connectivity index (χ0v) is 26.4. The van der Waals surface area contributed by atoms with Crippen molar-refractivity contribution >= 4 is 39.2 Å². The summed E-state index contributed by atoms with van der Waals surface area (Å²) in [5, 5.41) is 13.4. The monoisotopic (exact) mass is 633 g/mol. The Hall–Kier alpha value is -2.86. The number of aryl methyl sites for hydroxylation is 1. The SMILES string of the molecule is CNCCOC(C)(C)C(=O)NS(=O)(=O)c1ccc2c(c1)N(C[C@@H]1CC[C@H]1C(=O)O)C[C@@]1(CCCc3cc(Cl)ccc31)CO2. The Morgan fingerprint density at radius 1 is 1.21 bits per heavy atom. The van der Waals surface area contributed by atoms with Crippen molar-refractivity contribution in [3.05, 3.63) is 52.5 Å². The summed E-state index contributed by atoms with van der Waals surface area (Å²) in [6.45, 7) is 5.14. The number of anilines is 1. The third kappa shape index (κ3) is 6.50. The van der Waals surface area contributed by atoms with Crippen LogP contribution in [0.5, 0.6) is 5.75 Å². The molecule has 1 aliphatic heterocycles. The first kappa shape index (κ1) is 31.6. The lowest BCUT2D eigenvalue weighted by Gasteiger charge is -2.43. The van der Waals surface area contributed by atoms with Crippen LogP contribution in [0.3, 0.4) is 0 Å². The molecular weight excluding hydrogens is 594 g/mol. The van der Waals surface area contributed by atoms with Crippen LogP contribution >= 0.6 is 11.6 Å². The highest BCUT2D eigenvalue weighted by Gasteiger charge is 2.44. The number of benzene rings is 2. The van der Waals surface area contributed by atoms with Gasteiger partial charge in [0.2, 0.25) is 0 Å². The number of ether oxygens (including phenoxy) is 2. The molecule has 3 aliphatic rings. The first-order chi connectivity index (χ1) is 20.3. The Bertz CT molecular complexity index is 1500. The number of carbonyl (C=O) groups excluding carboxylic acids is 1. The molecule has 2 aromatic carbocycles. The van der Waals surface area contributed by atoms with Crippen molar-refractivity contribution in [2.24, 2.45) is 11.8 Å². The molecule has 2 aliphatic carbocycles. The van der Waals surface area contributed by atoms with Gasteiger partial charge in [-0.3, -0.25) is 9.59 Å². The molecule has 234 valence electrons. The Labute approximate surface area is 258 Å². The molecule has 0 bridgehead atoms. The van der Waals surface area contributed by atoms with E-state index in [2.05, 4.69) is 21.0 Å². The van der Waals surface area contributed by atoms with Gasteiger partial charge in [-0.2, -0.15) is 0 Å². The number of carboxylic acids is 1. The quantitative estimate of drug-likeness (QED) is 0.335. The van der Waals surface area contributed by atoms with Gasteiger partial charge in [-0.15, -0.1) is 0 Å². The molecule has 0 aromatic heterocycles.